The van der Waals surface area contributed by atoms with Crippen molar-refractivity contribution >= 4 is 23.8 Å². The minimum atomic E-state index is -1.06. The van der Waals surface area contributed by atoms with Crippen LogP contribution in [0.5, 0.6) is 5.88 Å². The van der Waals surface area contributed by atoms with Crippen molar-refractivity contribution in [2.45, 2.75) is 19.8 Å². The zero-order chi connectivity index (χ0) is 22.4. The van der Waals surface area contributed by atoms with Crippen LogP contribution in [0.1, 0.15) is 41.7 Å². The predicted molar refractivity (Wildman–Crippen MR) is 111 cm³/mol. The predicted octanol–water partition coefficient (Wildman–Crippen LogP) is 3.77. The maximum Gasteiger partial charge on any atom is 0.395 e. The summed E-state index contributed by atoms with van der Waals surface area (Å²) in [7, 11) is 0. The first-order valence-corrected chi connectivity index (χ1v) is 9.42. The van der Waals surface area contributed by atoms with Crippen molar-refractivity contribution in [3.05, 3.63) is 74.0 Å². The van der Waals surface area contributed by atoms with Gasteiger partial charge in [0.2, 0.25) is 0 Å². The van der Waals surface area contributed by atoms with Crippen LogP contribution in [0.15, 0.2) is 45.6 Å². The molecule has 0 amide bonds. The van der Waals surface area contributed by atoms with Gasteiger partial charge in [0, 0.05) is 5.56 Å². The molecule has 0 spiro atoms. The lowest BCUT2D eigenvalue weighted by molar-refractivity contribution is -0.387. The van der Waals surface area contributed by atoms with Gasteiger partial charge < -0.3 is 19.2 Å². The molecular formula is C21H19N3O7. The number of benzene rings is 1. The van der Waals surface area contributed by atoms with Crippen molar-refractivity contribution in [1.29, 1.82) is 0 Å². The Morgan fingerprint density at radius 3 is 2.65 bits per heavy atom. The van der Waals surface area contributed by atoms with Crippen molar-refractivity contribution in [3.63, 3.8) is 0 Å². The topological polar surface area (TPSA) is 149 Å². The summed E-state index contributed by atoms with van der Waals surface area (Å²) in [5, 5.41) is 20.3. The first-order valence-electron chi connectivity index (χ1n) is 9.42. The highest BCUT2D eigenvalue weighted by Crippen LogP contribution is 2.24. The Kier molecular flexibility index (Phi) is 6.61. The van der Waals surface area contributed by atoms with Gasteiger partial charge in [-0.25, -0.2) is 4.79 Å². The molecule has 2 aromatic heterocycles. The maximum atomic E-state index is 12.0. The Hall–Kier alpha value is -4.21. The average molecular weight is 425 g/mol. The number of nitrogens with one attached hydrogen (secondary N) is 1. The minimum Gasteiger partial charge on any atom is -0.488 e. The van der Waals surface area contributed by atoms with E-state index in [1.54, 1.807) is 36.4 Å². The molecule has 0 aliphatic carbocycles. The van der Waals surface area contributed by atoms with Gasteiger partial charge in [-0.05, 0) is 42.8 Å². The van der Waals surface area contributed by atoms with Gasteiger partial charge in [-0.15, -0.1) is 0 Å². The van der Waals surface area contributed by atoms with E-state index in [0.717, 1.165) is 18.4 Å². The number of hydrogen-bond donors (Lipinski definition) is 2. The van der Waals surface area contributed by atoms with Gasteiger partial charge in [0.1, 0.15) is 17.3 Å². The number of carbonyl (C=O) groups excluding carboxylic acids is 1. The van der Waals surface area contributed by atoms with Crippen molar-refractivity contribution in [3.8, 4) is 17.2 Å². The highest BCUT2D eigenvalue weighted by Gasteiger charge is 2.21. The van der Waals surface area contributed by atoms with E-state index in [0.29, 0.717) is 23.7 Å². The number of ether oxygens (including phenoxy) is 1. The Balaban J connectivity index is 1.71. The second-order valence-electron chi connectivity index (χ2n) is 6.48. The van der Waals surface area contributed by atoms with E-state index in [1.807, 2.05) is 6.92 Å². The summed E-state index contributed by atoms with van der Waals surface area (Å²) in [5.74, 6) is -0.466. The van der Waals surface area contributed by atoms with Crippen LogP contribution in [0.4, 0.5) is 5.69 Å². The van der Waals surface area contributed by atoms with E-state index in [4.69, 9.17) is 9.15 Å². The number of unbranched alkanes of at least 4 members (excludes halogenated alkanes) is 1. The number of carbonyl (C=O) groups is 1. The third-order valence-electron chi connectivity index (χ3n) is 4.25. The summed E-state index contributed by atoms with van der Waals surface area (Å²) in [6.45, 7) is 2.40. The minimum absolute atomic E-state index is 0.0722. The van der Waals surface area contributed by atoms with E-state index in [-0.39, 0.29) is 11.8 Å². The molecule has 0 bridgehead atoms. The molecule has 2 N–H and O–H groups in total. The van der Waals surface area contributed by atoms with Gasteiger partial charge >= 0.3 is 17.2 Å². The van der Waals surface area contributed by atoms with Crippen LogP contribution in [0, 0.1) is 10.1 Å². The summed E-state index contributed by atoms with van der Waals surface area (Å²) in [6, 6.07) is 10.2. The number of aromatic hydroxyl groups is 1. The molecule has 0 aliphatic rings. The molecule has 0 atom stereocenters. The third kappa shape index (κ3) is 5.24. The fraction of sp³-hybridized carbons (Fsp3) is 0.190. The number of aromatic amines is 1. The van der Waals surface area contributed by atoms with Crippen LogP contribution >= 0.6 is 0 Å². The second-order valence-corrected chi connectivity index (χ2v) is 6.48. The first-order chi connectivity index (χ1) is 14.9. The number of nitrogens with zero attached hydrogens (tertiary/aromatic N) is 2. The van der Waals surface area contributed by atoms with Gasteiger partial charge in [0.25, 0.3) is 5.88 Å². The van der Waals surface area contributed by atoms with E-state index in [9.17, 15) is 24.8 Å². The monoisotopic (exact) mass is 425 g/mol. The number of H-pyrrole nitrogens is 1. The Bertz CT molecular complexity index is 1180. The molecule has 0 saturated carbocycles. The number of nitro groups is 1. The van der Waals surface area contributed by atoms with Gasteiger partial charge in [-0.1, -0.05) is 25.5 Å². The van der Waals surface area contributed by atoms with Crippen molar-refractivity contribution in [2.75, 3.05) is 6.61 Å². The Morgan fingerprint density at radius 2 is 2.00 bits per heavy atom. The highest BCUT2D eigenvalue weighted by atomic mass is 16.6. The van der Waals surface area contributed by atoms with Gasteiger partial charge in [0.05, 0.1) is 17.1 Å². The maximum absolute atomic E-state index is 12.0. The van der Waals surface area contributed by atoms with Crippen molar-refractivity contribution in [2.24, 2.45) is 0 Å². The quantitative estimate of drug-likeness (QED) is 0.240. The molecular weight excluding hydrogens is 406 g/mol. The smallest absolute Gasteiger partial charge is 0.395 e. The first kappa shape index (κ1) is 21.5. The second kappa shape index (κ2) is 9.53. The van der Waals surface area contributed by atoms with Crippen molar-refractivity contribution in [1.82, 2.24) is 9.97 Å². The Morgan fingerprint density at radius 1 is 1.26 bits per heavy atom. The molecule has 0 fully saturated rings. The van der Waals surface area contributed by atoms with Crippen LogP contribution in [0.2, 0.25) is 0 Å². The zero-order valence-electron chi connectivity index (χ0n) is 16.5. The number of furan rings is 1. The van der Waals surface area contributed by atoms with E-state index < -0.39 is 22.0 Å². The highest BCUT2D eigenvalue weighted by molar-refractivity contribution is 5.90. The van der Waals surface area contributed by atoms with Gasteiger partial charge in [-0.2, -0.15) is 4.98 Å². The molecule has 3 aromatic rings. The number of aromatic nitrogens is 2. The number of hydrogen-bond acceptors (Lipinski definition) is 8. The lowest BCUT2D eigenvalue weighted by Crippen LogP contribution is -2.14. The normalized spacial score (nSPS) is 11.0. The van der Waals surface area contributed by atoms with Crippen LogP contribution < -0.4 is 5.56 Å². The summed E-state index contributed by atoms with van der Waals surface area (Å²) in [6.07, 6.45) is 4.57. The summed E-state index contributed by atoms with van der Waals surface area (Å²) < 4.78 is 10.9. The van der Waals surface area contributed by atoms with Crippen LogP contribution in [0.3, 0.4) is 0 Å². The molecule has 3 rings (SSSR count). The fourth-order valence-corrected chi connectivity index (χ4v) is 2.64. The third-order valence-corrected chi connectivity index (χ3v) is 4.25. The molecule has 1 aromatic carbocycles. The molecule has 0 saturated heterocycles. The molecule has 31 heavy (non-hydrogen) atoms. The van der Waals surface area contributed by atoms with Crippen LogP contribution in [0.25, 0.3) is 23.5 Å². The fourth-order valence-electron chi connectivity index (χ4n) is 2.64. The average Bonchev–Trinajstić information content (AvgIpc) is 3.21. The van der Waals surface area contributed by atoms with E-state index in [2.05, 4.69) is 9.97 Å². The summed E-state index contributed by atoms with van der Waals surface area (Å²) in [5.41, 5.74) is -0.899. The molecule has 160 valence electrons. The lowest BCUT2D eigenvalue weighted by atomic mass is 10.1. The number of esters is 1. The van der Waals surface area contributed by atoms with Crippen LogP contribution in [-0.2, 0) is 4.74 Å². The molecule has 10 heteroatoms. The van der Waals surface area contributed by atoms with E-state index in [1.165, 1.54) is 12.2 Å². The molecule has 10 nitrogen and oxygen atoms in total. The standard InChI is InChI=1S/C21H19N3O7/c1-2-3-12-30-21(27)14-6-4-13(5-7-14)16-10-8-15(31-16)9-11-17-22-19(25)18(24(28)29)20(26)23-17/h4-11H,2-3,12H2,1H3,(H2,22,23,25,26)/b11-9-. The van der Waals surface area contributed by atoms with Gasteiger partial charge in [-0.3, -0.25) is 14.9 Å². The molecule has 0 radical (unpaired) electrons. The summed E-state index contributed by atoms with van der Waals surface area (Å²) >= 11 is 0. The number of rotatable bonds is 8. The van der Waals surface area contributed by atoms with Gasteiger partial charge in [0.15, 0.2) is 0 Å². The molecule has 0 unspecified atom stereocenters. The molecule has 2 heterocycles. The van der Waals surface area contributed by atoms with Crippen molar-refractivity contribution < 1.29 is 24.0 Å². The zero-order valence-corrected chi connectivity index (χ0v) is 16.5. The Labute approximate surface area is 176 Å². The lowest BCUT2D eigenvalue weighted by Gasteiger charge is -2.04. The van der Waals surface area contributed by atoms with Crippen LogP contribution in [-0.4, -0.2) is 32.6 Å². The molecule has 0 aliphatic heterocycles. The largest absolute Gasteiger partial charge is 0.488 e. The SMILES string of the molecule is CCCCOC(=O)c1ccc(-c2ccc(/C=C\c3nc(O)c([N+](=O)[O-])c(=O)[nH]3)o2)cc1. The summed E-state index contributed by atoms with van der Waals surface area (Å²) in [4.78, 5) is 39.1. The van der Waals surface area contributed by atoms with E-state index >= 15 is 0 Å².